The molecule has 2 unspecified atom stereocenters. The second-order valence-corrected chi connectivity index (χ2v) is 9.12. The van der Waals surface area contributed by atoms with Gasteiger partial charge in [0.25, 0.3) is 9.05 Å². The molecule has 2 saturated carbocycles. The highest BCUT2D eigenvalue weighted by atomic mass is 35.7. The van der Waals surface area contributed by atoms with Crippen LogP contribution in [0.5, 0.6) is 0 Å². The van der Waals surface area contributed by atoms with Crippen LogP contribution >= 0.6 is 22.0 Å². The number of fused-ring (bicyclic) bond motifs is 1. The minimum absolute atomic E-state index is 0.110. The van der Waals surface area contributed by atoms with E-state index in [0.29, 0.717) is 18.4 Å². The van der Waals surface area contributed by atoms with Crippen molar-refractivity contribution in [3.63, 3.8) is 0 Å². The van der Waals surface area contributed by atoms with Crippen LogP contribution in [0.25, 0.3) is 0 Å². The van der Waals surface area contributed by atoms with Gasteiger partial charge < -0.3 is 5.32 Å². The van der Waals surface area contributed by atoms with Crippen LogP contribution in [0.4, 0.5) is 0 Å². The Morgan fingerprint density at radius 1 is 1.37 bits per heavy atom. The van der Waals surface area contributed by atoms with Gasteiger partial charge >= 0.3 is 0 Å². The van der Waals surface area contributed by atoms with Crippen LogP contribution in [-0.4, -0.2) is 14.3 Å². The van der Waals surface area contributed by atoms with Gasteiger partial charge in [0.05, 0.1) is 6.54 Å². The molecule has 1 amide bonds. The molecule has 7 heteroatoms. The predicted molar refractivity (Wildman–Crippen MR) is 73.5 cm³/mol. The van der Waals surface area contributed by atoms with Gasteiger partial charge in [-0.2, -0.15) is 0 Å². The second-order valence-electron chi connectivity index (χ2n) is 5.16. The molecule has 1 aromatic rings. The molecule has 19 heavy (non-hydrogen) atoms. The van der Waals surface area contributed by atoms with Crippen LogP contribution in [0, 0.1) is 17.8 Å². The van der Waals surface area contributed by atoms with Crippen LogP contribution in [0.2, 0.25) is 0 Å². The van der Waals surface area contributed by atoms with Gasteiger partial charge in [-0.25, -0.2) is 8.42 Å². The number of hydrogen-bond acceptors (Lipinski definition) is 4. The van der Waals surface area contributed by atoms with E-state index in [4.69, 9.17) is 10.7 Å². The third-order valence-electron chi connectivity index (χ3n) is 4.02. The summed E-state index contributed by atoms with van der Waals surface area (Å²) in [5.41, 5.74) is 0. The van der Waals surface area contributed by atoms with Crippen LogP contribution in [0.15, 0.2) is 16.3 Å². The molecule has 0 spiro atoms. The van der Waals surface area contributed by atoms with Crippen molar-refractivity contribution in [3.05, 3.63) is 17.0 Å². The first-order valence-corrected chi connectivity index (χ1v) is 9.40. The topological polar surface area (TPSA) is 63.2 Å². The molecule has 0 saturated heterocycles. The Labute approximate surface area is 120 Å². The first-order valence-electron chi connectivity index (χ1n) is 6.28. The highest BCUT2D eigenvalue weighted by molar-refractivity contribution is 8.15. The number of nitrogens with one attached hydrogen (secondary N) is 1. The lowest BCUT2D eigenvalue weighted by molar-refractivity contribution is -0.123. The molecule has 0 bridgehead atoms. The van der Waals surface area contributed by atoms with E-state index in [2.05, 4.69) is 5.32 Å². The summed E-state index contributed by atoms with van der Waals surface area (Å²) >= 11 is 1.10. The molecule has 0 radical (unpaired) electrons. The monoisotopic (exact) mass is 319 g/mol. The van der Waals surface area contributed by atoms with Gasteiger partial charge in [-0.3, -0.25) is 4.79 Å². The van der Waals surface area contributed by atoms with Gasteiger partial charge in [-0.05, 0) is 36.8 Å². The largest absolute Gasteiger partial charge is 0.351 e. The fourth-order valence-electron chi connectivity index (χ4n) is 3.09. The molecular weight excluding hydrogens is 306 g/mol. The van der Waals surface area contributed by atoms with Gasteiger partial charge in [0.15, 0.2) is 0 Å². The maximum Gasteiger partial charge on any atom is 0.270 e. The summed E-state index contributed by atoms with van der Waals surface area (Å²) < 4.78 is 22.4. The lowest BCUT2D eigenvalue weighted by atomic mass is 10.1. The van der Waals surface area contributed by atoms with Gasteiger partial charge in [-0.15, -0.1) is 11.3 Å². The zero-order valence-corrected chi connectivity index (χ0v) is 12.5. The average molecular weight is 320 g/mol. The Balaban J connectivity index is 1.55. The van der Waals surface area contributed by atoms with Gasteiger partial charge in [0.1, 0.15) is 4.21 Å². The first-order chi connectivity index (χ1) is 8.97. The Bertz CT molecular complexity index is 600. The highest BCUT2D eigenvalue weighted by Gasteiger charge is 2.56. The van der Waals surface area contributed by atoms with E-state index in [1.807, 2.05) is 0 Å². The molecule has 0 aliphatic heterocycles. The van der Waals surface area contributed by atoms with Gasteiger partial charge in [-0.1, -0.05) is 6.42 Å². The predicted octanol–water partition coefficient (Wildman–Crippen LogP) is 2.34. The number of carbonyl (C=O) groups excluding carboxylic acids is 1. The van der Waals surface area contributed by atoms with Crippen molar-refractivity contribution in [3.8, 4) is 0 Å². The molecule has 2 fully saturated rings. The SMILES string of the molecule is O=C(NCc1ccc(S(=O)(=O)Cl)s1)C1C2CCCC21. The minimum Gasteiger partial charge on any atom is -0.351 e. The summed E-state index contributed by atoms with van der Waals surface area (Å²) in [4.78, 5) is 12.7. The van der Waals surface area contributed by atoms with E-state index in [1.54, 1.807) is 6.07 Å². The van der Waals surface area contributed by atoms with E-state index in [0.717, 1.165) is 16.2 Å². The molecule has 2 atom stereocenters. The Morgan fingerprint density at radius 3 is 2.63 bits per heavy atom. The van der Waals surface area contributed by atoms with E-state index in [1.165, 1.54) is 25.3 Å². The fourth-order valence-corrected chi connectivity index (χ4v) is 5.15. The third kappa shape index (κ3) is 2.66. The first kappa shape index (κ1) is 13.4. The average Bonchev–Trinajstić information content (AvgIpc) is 2.75. The van der Waals surface area contributed by atoms with Crippen molar-refractivity contribution in [1.29, 1.82) is 0 Å². The Hall–Kier alpha value is -0.590. The van der Waals surface area contributed by atoms with Crippen LogP contribution < -0.4 is 5.32 Å². The Morgan fingerprint density at radius 2 is 2.05 bits per heavy atom. The quantitative estimate of drug-likeness (QED) is 0.866. The van der Waals surface area contributed by atoms with Crippen LogP contribution in [0.1, 0.15) is 24.1 Å². The molecule has 4 nitrogen and oxygen atoms in total. The Kier molecular flexibility index (Phi) is 3.35. The van der Waals surface area contributed by atoms with Crippen LogP contribution in [-0.2, 0) is 20.4 Å². The van der Waals surface area contributed by atoms with E-state index in [-0.39, 0.29) is 16.0 Å². The summed E-state index contributed by atoms with van der Waals surface area (Å²) in [5, 5.41) is 2.89. The molecule has 3 rings (SSSR count). The van der Waals surface area contributed by atoms with Crippen molar-refractivity contribution in [2.45, 2.75) is 30.0 Å². The van der Waals surface area contributed by atoms with Crippen molar-refractivity contribution >= 4 is 37.0 Å². The van der Waals surface area contributed by atoms with E-state index in [9.17, 15) is 13.2 Å². The minimum atomic E-state index is -3.66. The lowest BCUT2D eigenvalue weighted by Gasteiger charge is -2.04. The van der Waals surface area contributed by atoms with E-state index < -0.39 is 9.05 Å². The maximum atomic E-state index is 11.9. The lowest BCUT2D eigenvalue weighted by Crippen LogP contribution is -2.25. The van der Waals surface area contributed by atoms with Crippen molar-refractivity contribution < 1.29 is 13.2 Å². The number of thiophene rings is 1. The molecule has 104 valence electrons. The summed E-state index contributed by atoms with van der Waals surface area (Å²) in [6, 6.07) is 3.16. The zero-order valence-electron chi connectivity index (χ0n) is 10.1. The second kappa shape index (κ2) is 4.75. The van der Waals surface area contributed by atoms with Crippen molar-refractivity contribution in [2.24, 2.45) is 17.8 Å². The summed E-state index contributed by atoms with van der Waals surface area (Å²) in [6.45, 7) is 0.381. The number of hydrogen-bond donors (Lipinski definition) is 1. The molecule has 1 N–H and O–H groups in total. The summed E-state index contributed by atoms with van der Waals surface area (Å²) in [6.07, 6.45) is 3.60. The number of rotatable bonds is 4. The van der Waals surface area contributed by atoms with Gasteiger partial charge in [0, 0.05) is 21.5 Å². The smallest absolute Gasteiger partial charge is 0.270 e. The number of carbonyl (C=O) groups is 1. The third-order valence-corrected chi connectivity index (χ3v) is 7.20. The molecule has 1 heterocycles. The summed E-state index contributed by atoms with van der Waals surface area (Å²) in [5.74, 6) is 1.51. The number of halogens is 1. The molecular formula is C12H14ClNO3S2. The maximum absolute atomic E-state index is 11.9. The normalized spacial score (nSPS) is 29.0. The van der Waals surface area contributed by atoms with Crippen LogP contribution in [0.3, 0.4) is 0 Å². The van der Waals surface area contributed by atoms with Crippen molar-refractivity contribution in [2.75, 3.05) is 0 Å². The van der Waals surface area contributed by atoms with Crippen molar-refractivity contribution in [1.82, 2.24) is 5.32 Å². The standard InChI is InChI=1S/C12H14ClNO3S2/c13-19(16,17)10-5-4-7(18-10)6-14-12(15)11-8-2-1-3-9(8)11/h4-5,8-9,11H,1-3,6H2,(H,14,15). The van der Waals surface area contributed by atoms with Gasteiger partial charge in [0.2, 0.25) is 5.91 Å². The molecule has 0 aromatic carbocycles. The molecule has 2 aliphatic carbocycles. The molecule has 2 aliphatic rings. The van der Waals surface area contributed by atoms with E-state index >= 15 is 0 Å². The number of amides is 1. The fraction of sp³-hybridized carbons (Fsp3) is 0.583. The zero-order chi connectivity index (χ0) is 13.6. The highest BCUT2D eigenvalue weighted by Crippen LogP contribution is 2.57. The molecule has 1 aromatic heterocycles. The summed E-state index contributed by atoms with van der Waals surface area (Å²) in [7, 11) is 1.60.